The Morgan fingerprint density at radius 1 is 1.06 bits per heavy atom. The van der Waals surface area contributed by atoms with Crippen molar-refractivity contribution in [3.05, 3.63) is 60.1 Å². The molecule has 2 aromatic rings. The number of piperidine rings is 1. The fourth-order valence-corrected chi connectivity index (χ4v) is 3.87. The second-order valence-corrected chi connectivity index (χ2v) is 8.43. The molecule has 0 saturated carbocycles. The molecule has 31 heavy (non-hydrogen) atoms. The highest BCUT2D eigenvalue weighted by Gasteiger charge is 2.34. The van der Waals surface area contributed by atoms with E-state index in [-0.39, 0.29) is 30.2 Å². The molecule has 7 nitrogen and oxygen atoms in total. The van der Waals surface area contributed by atoms with Crippen molar-refractivity contribution in [2.75, 3.05) is 13.1 Å². The van der Waals surface area contributed by atoms with E-state index in [0.717, 1.165) is 0 Å². The summed E-state index contributed by atoms with van der Waals surface area (Å²) in [4.78, 5) is 40.0. The minimum Gasteiger partial charge on any atom is -0.467 e. The Labute approximate surface area is 183 Å². The zero-order valence-corrected chi connectivity index (χ0v) is 18.2. The number of benzene rings is 1. The van der Waals surface area contributed by atoms with Gasteiger partial charge in [-0.2, -0.15) is 0 Å². The van der Waals surface area contributed by atoms with Gasteiger partial charge in [-0.05, 0) is 48.9 Å². The van der Waals surface area contributed by atoms with E-state index >= 15 is 0 Å². The van der Waals surface area contributed by atoms with Crippen LogP contribution in [0.25, 0.3) is 0 Å². The number of amides is 3. The van der Waals surface area contributed by atoms with Gasteiger partial charge in [0.25, 0.3) is 5.91 Å². The molecule has 7 heteroatoms. The molecule has 0 unspecified atom stereocenters. The molecule has 1 aliphatic heterocycles. The van der Waals surface area contributed by atoms with Crippen LogP contribution in [-0.2, 0) is 16.1 Å². The molecule has 1 aliphatic rings. The van der Waals surface area contributed by atoms with Crippen molar-refractivity contribution < 1.29 is 18.8 Å². The normalized spacial score (nSPS) is 15.5. The lowest BCUT2D eigenvalue weighted by Crippen LogP contribution is -2.53. The number of nitrogens with zero attached hydrogens (tertiary/aromatic N) is 1. The first-order valence-corrected chi connectivity index (χ1v) is 10.9. The molecule has 1 atom stereocenters. The molecule has 2 heterocycles. The van der Waals surface area contributed by atoms with Crippen LogP contribution in [0.15, 0.2) is 53.1 Å². The highest BCUT2D eigenvalue weighted by molar-refractivity contribution is 5.97. The Balaban J connectivity index is 1.65. The minimum absolute atomic E-state index is 0.0487. The number of furan rings is 1. The monoisotopic (exact) mass is 425 g/mol. The van der Waals surface area contributed by atoms with E-state index < -0.39 is 6.04 Å². The predicted octanol–water partition coefficient (Wildman–Crippen LogP) is 2.98. The van der Waals surface area contributed by atoms with Crippen LogP contribution in [0, 0.1) is 11.8 Å². The Kier molecular flexibility index (Phi) is 7.87. The maximum Gasteiger partial charge on any atom is 0.251 e. The van der Waals surface area contributed by atoms with Crippen molar-refractivity contribution in [3.63, 3.8) is 0 Å². The Morgan fingerprint density at radius 2 is 1.77 bits per heavy atom. The molecule has 0 radical (unpaired) electrons. The third-order valence-electron chi connectivity index (χ3n) is 5.57. The summed E-state index contributed by atoms with van der Waals surface area (Å²) < 4.78 is 5.29. The van der Waals surface area contributed by atoms with Gasteiger partial charge in [0.15, 0.2) is 0 Å². The number of carbonyl (C=O) groups excluding carboxylic acids is 3. The minimum atomic E-state index is -0.676. The molecule has 3 rings (SSSR count). The van der Waals surface area contributed by atoms with Crippen LogP contribution in [0.2, 0.25) is 0 Å². The molecule has 166 valence electrons. The van der Waals surface area contributed by atoms with E-state index in [4.69, 9.17) is 4.42 Å². The SMILES string of the molecule is CC(C)CC(=O)N1CCC([C@@H](NC(=O)c2ccccc2)C(=O)NCc2ccco2)CC1. The standard InChI is InChI=1S/C24H31N3O4/c1-17(2)15-21(28)27-12-10-18(11-13-27)22(24(30)25-16-20-9-6-14-31-20)26-23(29)19-7-4-3-5-8-19/h3-9,14,17-18,22H,10-13,15-16H2,1-2H3,(H,25,30)(H,26,29)/t22-/m1/s1. The summed E-state index contributed by atoms with van der Waals surface area (Å²) in [6.07, 6.45) is 3.41. The summed E-state index contributed by atoms with van der Waals surface area (Å²) in [5.74, 6) is 0.545. The van der Waals surface area contributed by atoms with Gasteiger partial charge in [0.2, 0.25) is 11.8 Å². The quantitative estimate of drug-likeness (QED) is 0.680. The average molecular weight is 426 g/mol. The third-order valence-corrected chi connectivity index (χ3v) is 5.57. The molecule has 1 aromatic heterocycles. The third kappa shape index (κ3) is 6.44. The highest BCUT2D eigenvalue weighted by atomic mass is 16.3. The molecule has 1 fully saturated rings. The van der Waals surface area contributed by atoms with Crippen molar-refractivity contribution in [1.29, 1.82) is 0 Å². The predicted molar refractivity (Wildman–Crippen MR) is 117 cm³/mol. The molecule has 0 aliphatic carbocycles. The number of nitrogens with one attached hydrogen (secondary N) is 2. The lowest BCUT2D eigenvalue weighted by molar-refractivity contribution is -0.133. The average Bonchev–Trinajstić information content (AvgIpc) is 3.29. The number of carbonyl (C=O) groups is 3. The van der Waals surface area contributed by atoms with Gasteiger partial charge in [-0.1, -0.05) is 32.0 Å². The van der Waals surface area contributed by atoms with E-state index in [2.05, 4.69) is 10.6 Å². The number of rotatable bonds is 8. The van der Waals surface area contributed by atoms with Crippen LogP contribution in [-0.4, -0.2) is 41.8 Å². The second kappa shape index (κ2) is 10.8. The molecule has 2 N–H and O–H groups in total. The van der Waals surface area contributed by atoms with Crippen LogP contribution < -0.4 is 10.6 Å². The van der Waals surface area contributed by atoms with Crippen molar-refractivity contribution in [3.8, 4) is 0 Å². The second-order valence-electron chi connectivity index (χ2n) is 8.43. The van der Waals surface area contributed by atoms with Gasteiger partial charge in [-0.15, -0.1) is 0 Å². The summed E-state index contributed by atoms with van der Waals surface area (Å²) in [6.45, 7) is 5.51. The van der Waals surface area contributed by atoms with Crippen LogP contribution in [0.5, 0.6) is 0 Å². The molecule has 0 spiro atoms. The van der Waals surface area contributed by atoms with Crippen LogP contribution >= 0.6 is 0 Å². The summed E-state index contributed by atoms with van der Waals surface area (Å²) in [6, 6.07) is 11.7. The first-order chi connectivity index (χ1) is 14.9. The molecule has 3 amide bonds. The van der Waals surface area contributed by atoms with Crippen molar-refractivity contribution in [2.24, 2.45) is 11.8 Å². The van der Waals surface area contributed by atoms with Crippen LogP contribution in [0.3, 0.4) is 0 Å². The van der Waals surface area contributed by atoms with Gasteiger partial charge in [-0.25, -0.2) is 0 Å². The fourth-order valence-electron chi connectivity index (χ4n) is 3.87. The van der Waals surface area contributed by atoms with E-state index in [9.17, 15) is 14.4 Å². The summed E-state index contributed by atoms with van der Waals surface area (Å²) in [5, 5.41) is 5.80. The molecule has 1 saturated heterocycles. The van der Waals surface area contributed by atoms with Crippen molar-refractivity contribution >= 4 is 17.7 Å². The first-order valence-electron chi connectivity index (χ1n) is 10.9. The van der Waals surface area contributed by atoms with Gasteiger partial charge < -0.3 is 20.0 Å². The Bertz CT molecular complexity index is 856. The van der Waals surface area contributed by atoms with Crippen molar-refractivity contribution in [1.82, 2.24) is 15.5 Å². The first kappa shape index (κ1) is 22.6. The zero-order valence-electron chi connectivity index (χ0n) is 18.2. The molecule has 1 aromatic carbocycles. The number of likely N-dealkylation sites (tertiary alicyclic amines) is 1. The Hall–Kier alpha value is -3.09. The maximum atomic E-state index is 13.0. The summed E-state index contributed by atoms with van der Waals surface area (Å²) in [7, 11) is 0. The van der Waals surface area contributed by atoms with Gasteiger partial charge in [-0.3, -0.25) is 14.4 Å². The van der Waals surface area contributed by atoms with Crippen LogP contribution in [0.1, 0.15) is 49.2 Å². The van der Waals surface area contributed by atoms with E-state index in [0.29, 0.717) is 49.6 Å². The topological polar surface area (TPSA) is 91.7 Å². The fraction of sp³-hybridized carbons (Fsp3) is 0.458. The van der Waals surface area contributed by atoms with Gasteiger partial charge in [0.1, 0.15) is 11.8 Å². The van der Waals surface area contributed by atoms with Gasteiger partial charge >= 0.3 is 0 Å². The zero-order chi connectivity index (χ0) is 22.2. The van der Waals surface area contributed by atoms with Crippen molar-refractivity contribution in [2.45, 2.75) is 45.7 Å². The number of hydrogen-bond acceptors (Lipinski definition) is 4. The summed E-state index contributed by atoms with van der Waals surface area (Å²) in [5.41, 5.74) is 0.510. The van der Waals surface area contributed by atoms with Gasteiger partial charge in [0, 0.05) is 25.1 Å². The molecule has 0 bridgehead atoms. The summed E-state index contributed by atoms with van der Waals surface area (Å²) >= 11 is 0. The lowest BCUT2D eigenvalue weighted by Gasteiger charge is -2.36. The smallest absolute Gasteiger partial charge is 0.251 e. The largest absolute Gasteiger partial charge is 0.467 e. The highest BCUT2D eigenvalue weighted by Crippen LogP contribution is 2.23. The number of hydrogen-bond donors (Lipinski definition) is 2. The van der Waals surface area contributed by atoms with E-state index in [1.165, 1.54) is 0 Å². The van der Waals surface area contributed by atoms with Gasteiger partial charge in [0.05, 0.1) is 12.8 Å². The van der Waals surface area contributed by atoms with E-state index in [1.807, 2.05) is 24.8 Å². The maximum absolute atomic E-state index is 13.0. The van der Waals surface area contributed by atoms with E-state index in [1.54, 1.807) is 42.7 Å². The molecular weight excluding hydrogens is 394 g/mol. The molecular formula is C24H31N3O4. The Morgan fingerprint density at radius 3 is 2.39 bits per heavy atom. The van der Waals surface area contributed by atoms with Crippen LogP contribution in [0.4, 0.5) is 0 Å². The lowest BCUT2D eigenvalue weighted by atomic mass is 9.88.